The van der Waals surface area contributed by atoms with Gasteiger partial charge in [-0.3, -0.25) is 9.78 Å². The number of likely N-dealkylation sites (tertiary alicyclic amines) is 1. The lowest BCUT2D eigenvalue weighted by molar-refractivity contribution is 0.0583. The molecule has 0 saturated carbocycles. The number of carbonyl (C=O) groups excluding carboxylic acids is 1. The zero-order valence-corrected chi connectivity index (χ0v) is 18.0. The Morgan fingerprint density at radius 3 is 2.75 bits per heavy atom. The van der Waals surface area contributed by atoms with Crippen LogP contribution in [0, 0.1) is 6.92 Å². The van der Waals surface area contributed by atoms with Gasteiger partial charge in [0.15, 0.2) is 0 Å². The number of piperidine rings is 1. The van der Waals surface area contributed by atoms with Crippen molar-refractivity contribution in [2.45, 2.75) is 51.8 Å². The lowest BCUT2D eigenvalue weighted by Crippen LogP contribution is -2.51. The Balaban J connectivity index is 0.00000196. The molecule has 1 saturated heterocycles. The molecule has 7 heteroatoms. The van der Waals surface area contributed by atoms with E-state index in [1.807, 2.05) is 55.1 Å². The summed E-state index contributed by atoms with van der Waals surface area (Å²) in [6.07, 6.45) is 4.87. The zero-order valence-electron chi connectivity index (χ0n) is 16.3. The molecular formula is C21H29Cl2N3O2. The molecular weight excluding hydrogens is 397 g/mol. The number of aryl methyl sites for hydroxylation is 1. The number of carbonyl (C=O) groups is 1. The third-order valence-electron chi connectivity index (χ3n) is 4.88. The standard InChI is InChI=1S/C21H27N3O2.2ClH/c1-15-9-10-19(13-23-15)26-14-17-6-5-7-18(12-17)21(25)24-11-4-3-8-20(24)16(2)22;;/h5-7,9-10,12-13,16,20H,3-4,8,11,14,22H2,1-2H3;2*1H. The average Bonchev–Trinajstić information content (AvgIpc) is 2.67. The molecule has 1 amide bonds. The van der Waals surface area contributed by atoms with Crippen LogP contribution in [0.5, 0.6) is 5.75 Å². The summed E-state index contributed by atoms with van der Waals surface area (Å²) in [7, 11) is 0. The topological polar surface area (TPSA) is 68.5 Å². The van der Waals surface area contributed by atoms with Crippen molar-refractivity contribution >= 4 is 30.7 Å². The summed E-state index contributed by atoms with van der Waals surface area (Å²) in [5.41, 5.74) is 8.72. The van der Waals surface area contributed by atoms with Crippen LogP contribution in [-0.2, 0) is 6.61 Å². The van der Waals surface area contributed by atoms with Crippen LogP contribution in [0.1, 0.15) is 47.8 Å². The van der Waals surface area contributed by atoms with Gasteiger partial charge in [0.05, 0.1) is 6.20 Å². The molecule has 3 rings (SSSR count). The summed E-state index contributed by atoms with van der Waals surface area (Å²) in [4.78, 5) is 19.2. The molecule has 5 nitrogen and oxygen atoms in total. The molecule has 2 heterocycles. The lowest BCUT2D eigenvalue weighted by atomic mass is 9.96. The molecule has 154 valence electrons. The monoisotopic (exact) mass is 425 g/mol. The second kappa shape index (κ2) is 11.2. The molecule has 2 unspecified atom stereocenters. The van der Waals surface area contributed by atoms with Crippen LogP contribution in [0.25, 0.3) is 0 Å². The Morgan fingerprint density at radius 1 is 1.29 bits per heavy atom. The minimum absolute atomic E-state index is 0. The van der Waals surface area contributed by atoms with E-state index < -0.39 is 0 Å². The van der Waals surface area contributed by atoms with Crippen LogP contribution in [0.4, 0.5) is 0 Å². The number of pyridine rings is 1. The molecule has 2 N–H and O–H groups in total. The zero-order chi connectivity index (χ0) is 18.5. The van der Waals surface area contributed by atoms with E-state index in [-0.39, 0.29) is 42.8 Å². The van der Waals surface area contributed by atoms with Crippen LogP contribution in [0.15, 0.2) is 42.6 Å². The molecule has 1 fully saturated rings. The molecule has 1 aromatic carbocycles. The van der Waals surface area contributed by atoms with Gasteiger partial charge in [0.25, 0.3) is 5.91 Å². The van der Waals surface area contributed by atoms with E-state index in [4.69, 9.17) is 10.5 Å². The van der Waals surface area contributed by atoms with Gasteiger partial charge in [-0.25, -0.2) is 0 Å². The van der Waals surface area contributed by atoms with Crippen molar-refractivity contribution < 1.29 is 9.53 Å². The number of nitrogens with two attached hydrogens (primary N) is 1. The Bertz CT molecular complexity index is 754. The highest BCUT2D eigenvalue weighted by atomic mass is 35.5. The second-order valence-corrected chi connectivity index (χ2v) is 7.05. The van der Waals surface area contributed by atoms with Crippen LogP contribution in [0.3, 0.4) is 0 Å². The maximum Gasteiger partial charge on any atom is 0.254 e. The van der Waals surface area contributed by atoms with Crippen LogP contribution >= 0.6 is 24.8 Å². The lowest BCUT2D eigenvalue weighted by Gasteiger charge is -2.38. The van der Waals surface area contributed by atoms with Crippen molar-refractivity contribution in [3.05, 3.63) is 59.4 Å². The van der Waals surface area contributed by atoms with Gasteiger partial charge in [0.2, 0.25) is 0 Å². The second-order valence-electron chi connectivity index (χ2n) is 7.05. The molecule has 1 aromatic heterocycles. The molecule has 0 aliphatic carbocycles. The van der Waals surface area contributed by atoms with Gasteiger partial charge in [-0.05, 0) is 62.9 Å². The molecule has 1 aliphatic heterocycles. The summed E-state index contributed by atoms with van der Waals surface area (Å²) in [5, 5.41) is 0. The molecule has 28 heavy (non-hydrogen) atoms. The first-order chi connectivity index (χ1) is 12.5. The molecule has 2 aromatic rings. The number of rotatable bonds is 5. The van der Waals surface area contributed by atoms with Crippen molar-refractivity contribution in [1.29, 1.82) is 0 Å². The minimum atomic E-state index is -0.0141. The van der Waals surface area contributed by atoms with Gasteiger partial charge in [0, 0.05) is 29.9 Å². The number of ether oxygens (including phenoxy) is 1. The first kappa shape index (κ1) is 24.2. The molecule has 0 bridgehead atoms. The van der Waals surface area contributed by atoms with Crippen LogP contribution in [-0.4, -0.2) is 34.4 Å². The Hall–Kier alpha value is -1.82. The summed E-state index contributed by atoms with van der Waals surface area (Å²) in [6.45, 7) is 5.11. The van der Waals surface area contributed by atoms with Gasteiger partial charge in [-0.2, -0.15) is 0 Å². The number of hydrogen-bond acceptors (Lipinski definition) is 4. The van der Waals surface area contributed by atoms with Crippen molar-refractivity contribution in [1.82, 2.24) is 9.88 Å². The first-order valence-electron chi connectivity index (χ1n) is 9.25. The van der Waals surface area contributed by atoms with E-state index in [0.717, 1.165) is 42.8 Å². The average molecular weight is 426 g/mol. The molecule has 0 spiro atoms. The van der Waals surface area contributed by atoms with Crippen LogP contribution in [0.2, 0.25) is 0 Å². The van der Waals surface area contributed by atoms with Gasteiger partial charge < -0.3 is 15.4 Å². The van der Waals surface area contributed by atoms with E-state index in [1.54, 1.807) is 6.20 Å². The number of aromatic nitrogens is 1. The summed E-state index contributed by atoms with van der Waals surface area (Å²) < 4.78 is 5.78. The van der Waals surface area contributed by atoms with E-state index in [1.165, 1.54) is 0 Å². The normalized spacial score (nSPS) is 17.1. The fourth-order valence-corrected chi connectivity index (χ4v) is 3.42. The summed E-state index contributed by atoms with van der Waals surface area (Å²) >= 11 is 0. The molecule has 0 radical (unpaired) electrons. The Labute approximate surface area is 179 Å². The van der Waals surface area contributed by atoms with Crippen LogP contribution < -0.4 is 10.5 Å². The highest BCUT2D eigenvalue weighted by Gasteiger charge is 2.29. The summed E-state index contributed by atoms with van der Waals surface area (Å²) in [5.74, 6) is 0.784. The highest BCUT2D eigenvalue weighted by molar-refractivity contribution is 5.94. The fourth-order valence-electron chi connectivity index (χ4n) is 3.42. The number of benzene rings is 1. The first-order valence-corrected chi connectivity index (χ1v) is 9.25. The maximum atomic E-state index is 13.0. The van der Waals surface area contributed by atoms with Gasteiger partial charge in [-0.15, -0.1) is 24.8 Å². The SMILES string of the molecule is Cc1ccc(OCc2cccc(C(=O)N3CCCCC3C(C)N)c2)cn1.Cl.Cl. The van der Waals surface area contributed by atoms with Gasteiger partial charge in [0.1, 0.15) is 12.4 Å². The third kappa shape index (κ3) is 6.09. The number of amides is 1. The van der Waals surface area contributed by atoms with E-state index in [9.17, 15) is 4.79 Å². The fraction of sp³-hybridized carbons (Fsp3) is 0.429. The van der Waals surface area contributed by atoms with Gasteiger partial charge in [-0.1, -0.05) is 12.1 Å². The summed E-state index contributed by atoms with van der Waals surface area (Å²) in [6, 6.07) is 11.6. The molecule has 2 atom stereocenters. The largest absolute Gasteiger partial charge is 0.487 e. The Kier molecular flexibility index (Phi) is 9.73. The van der Waals surface area contributed by atoms with Crippen molar-refractivity contribution in [2.75, 3.05) is 6.54 Å². The molecule has 1 aliphatic rings. The van der Waals surface area contributed by atoms with E-state index in [2.05, 4.69) is 4.98 Å². The van der Waals surface area contributed by atoms with E-state index in [0.29, 0.717) is 12.2 Å². The quantitative estimate of drug-likeness (QED) is 0.780. The number of halogens is 2. The maximum absolute atomic E-state index is 13.0. The smallest absolute Gasteiger partial charge is 0.254 e. The Morgan fingerprint density at radius 2 is 2.07 bits per heavy atom. The number of nitrogens with zero attached hydrogens (tertiary/aromatic N) is 2. The predicted octanol–water partition coefficient (Wildman–Crippen LogP) is 4.15. The van der Waals surface area contributed by atoms with E-state index >= 15 is 0 Å². The minimum Gasteiger partial charge on any atom is -0.487 e. The van der Waals surface area contributed by atoms with Crippen molar-refractivity contribution in [2.24, 2.45) is 5.73 Å². The highest BCUT2D eigenvalue weighted by Crippen LogP contribution is 2.22. The predicted molar refractivity (Wildman–Crippen MR) is 117 cm³/mol. The van der Waals surface area contributed by atoms with Crippen molar-refractivity contribution in [3.63, 3.8) is 0 Å². The number of hydrogen-bond donors (Lipinski definition) is 1. The van der Waals surface area contributed by atoms with Gasteiger partial charge >= 0.3 is 0 Å². The third-order valence-corrected chi connectivity index (χ3v) is 4.88. The van der Waals surface area contributed by atoms with Crippen molar-refractivity contribution in [3.8, 4) is 5.75 Å².